The van der Waals surface area contributed by atoms with Crippen molar-refractivity contribution in [2.75, 3.05) is 27.1 Å². The monoisotopic (exact) mass is 316 g/mol. The fourth-order valence-corrected chi connectivity index (χ4v) is 0.967. The van der Waals surface area contributed by atoms with Gasteiger partial charge in [-0.05, 0) is 33.1 Å². The summed E-state index contributed by atoms with van der Waals surface area (Å²) < 4.78 is 72.2. The molecule has 130 valence electrons. The van der Waals surface area contributed by atoms with Gasteiger partial charge < -0.3 is 4.74 Å². The smallest absolute Gasteiger partial charge is 0.369 e. The summed E-state index contributed by atoms with van der Waals surface area (Å²) in [6, 6.07) is 0. The Labute approximate surface area is 119 Å². The van der Waals surface area contributed by atoms with Crippen LogP contribution in [-0.2, 0) is 4.74 Å². The van der Waals surface area contributed by atoms with Gasteiger partial charge in [-0.1, -0.05) is 14.9 Å². The summed E-state index contributed by atoms with van der Waals surface area (Å²) in [5.41, 5.74) is 0. The van der Waals surface area contributed by atoms with Crippen LogP contribution in [-0.4, -0.2) is 39.4 Å². The molecule has 0 aromatic rings. The van der Waals surface area contributed by atoms with E-state index in [2.05, 4.69) is 4.74 Å². The van der Waals surface area contributed by atoms with E-state index in [1.54, 1.807) is 0 Å². The average molecular weight is 316 g/mol. The van der Waals surface area contributed by atoms with Crippen molar-refractivity contribution in [3.8, 4) is 0 Å². The maximum Gasteiger partial charge on any atom is 0.414 e. The number of unbranched alkanes of at least 4 members (excludes halogenated alkanes) is 1. The lowest BCUT2D eigenvalue weighted by Crippen LogP contribution is -2.31. The SMILES string of the molecule is C.C.CCF.CCOC(CCCCF)C(F)(F)F.CF. The van der Waals surface area contributed by atoms with Crippen LogP contribution in [0.2, 0.25) is 0 Å². The normalized spacial score (nSPS) is 10.7. The first-order chi connectivity index (χ1) is 8.43. The van der Waals surface area contributed by atoms with Crippen molar-refractivity contribution in [1.82, 2.24) is 0 Å². The second-order valence-corrected chi connectivity index (χ2v) is 2.94. The maximum atomic E-state index is 12.1. The molecule has 0 spiro atoms. The fraction of sp³-hybridized carbons (Fsp3) is 1.00. The van der Waals surface area contributed by atoms with E-state index in [9.17, 15) is 26.3 Å². The van der Waals surface area contributed by atoms with E-state index >= 15 is 0 Å². The summed E-state index contributed by atoms with van der Waals surface area (Å²) in [7, 11) is 0.500. The molecule has 1 atom stereocenters. The van der Waals surface area contributed by atoms with E-state index in [1.165, 1.54) is 13.8 Å². The van der Waals surface area contributed by atoms with Gasteiger partial charge in [0.25, 0.3) is 0 Å². The van der Waals surface area contributed by atoms with Crippen molar-refractivity contribution >= 4 is 0 Å². The van der Waals surface area contributed by atoms with Crippen molar-refractivity contribution in [2.24, 2.45) is 0 Å². The van der Waals surface area contributed by atoms with Crippen LogP contribution < -0.4 is 0 Å². The summed E-state index contributed by atoms with van der Waals surface area (Å²) in [6.45, 7) is 2.17. The predicted octanol–water partition coefficient (Wildman–Crippen LogP) is 5.93. The van der Waals surface area contributed by atoms with Gasteiger partial charge in [-0.25, -0.2) is 0 Å². The Morgan fingerprint density at radius 2 is 1.35 bits per heavy atom. The van der Waals surface area contributed by atoms with E-state index in [1.807, 2.05) is 0 Å². The molecule has 0 fully saturated rings. The topological polar surface area (TPSA) is 9.23 Å². The van der Waals surface area contributed by atoms with Gasteiger partial charge in [-0.3, -0.25) is 13.2 Å². The first-order valence-corrected chi connectivity index (χ1v) is 5.61. The minimum absolute atomic E-state index is 0. The van der Waals surface area contributed by atoms with Crippen LogP contribution >= 0.6 is 0 Å². The van der Waals surface area contributed by atoms with Gasteiger partial charge in [0.1, 0.15) is 0 Å². The van der Waals surface area contributed by atoms with Crippen molar-refractivity contribution in [1.29, 1.82) is 0 Å². The summed E-state index contributed by atoms with van der Waals surface area (Å²) in [4.78, 5) is 0. The molecule has 1 unspecified atom stereocenters. The van der Waals surface area contributed by atoms with Crippen LogP contribution in [0.25, 0.3) is 0 Å². The van der Waals surface area contributed by atoms with Crippen molar-refractivity contribution in [2.45, 2.75) is 60.2 Å². The molecule has 0 aromatic heterocycles. The van der Waals surface area contributed by atoms with Gasteiger partial charge in [0.15, 0.2) is 6.10 Å². The minimum atomic E-state index is -4.33. The molecule has 0 amide bonds. The highest BCUT2D eigenvalue weighted by atomic mass is 19.4. The van der Waals surface area contributed by atoms with Crippen LogP contribution in [0, 0.1) is 0 Å². The molecule has 0 aliphatic rings. The lowest BCUT2D eigenvalue weighted by atomic mass is 10.1. The standard InChI is InChI=1S/C8H14F4O.C2H5F.CH3F.2CH4/c1-2-13-7(8(10,11)12)5-3-4-6-9;1-2-3;1-2;;/h7H,2-6H2,1H3;2H2,1H3;1H3;2*1H4. The Bertz CT molecular complexity index is 141. The van der Waals surface area contributed by atoms with Crippen molar-refractivity contribution in [3.05, 3.63) is 0 Å². The second kappa shape index (κ2) is 23.6. The quantitative estimate of drug-likeness (QED) is 0.436. The van der Waals surface area contributed by atoms with Gasteiger partial charge in [-0.15, -0.1) is 0 Å². The van der Waals surface area contributed by atoms with Crippen LogP contribution in [0.4, 0.5) is 26.3 Å². The van der Waals surface area contributed by atoms with Crippen LogP contribution in [0.5, 0.6) is 0 Å². The Morgan fingerprint density at radius 3 is 1.60 bits per heavy atom. The third kappa shape index (κ3) is 26.2. The first-order valence-electron chi connectivity index (χ1n) is 5.61. The van der Waals surface area contributed by atoms with Crippen LogP contribution in [0.3, 0.4) is 0 Å². The molecule has 7 heteroatoms. The van der Waals surface area contributed by atoms with E-state index < -0.39 is 19.0 Å². The highest BCUT2D eigenvalue weighted by Gasteiger charge is 2.39. The summed E-state index contributed by atoms with van der Waals surface area (Å²) in [5.74, 6) is 0. The number of hydrogen-bond donors (Lipinski definition) is 0. The highest BCUT2D eigenvalue weighted by molar-refractivity contribution is 4.67. The predicted molar refractivity (Wildman–Crippen MR) is 73.4 cm³/mol. The lowest BCUT2D eigenvalue weighted by Gasteiger charge is -2.19. The fourth-order valence-electron chi connectivity index (χ4n) is 0.967. The molecule has 0 saturated carbocycles. The average Bonchev–Trinajstić information content (AvgIpc) is 2.30. The third-order valence-corrected chi connectivity index (χ3v) is 1.58. The van der Waals surface area contributed by atoms with Gasteiger partial charge >= 0.3 is 6.18 Å². The number of alkyl halides is 6. The summed E-state index contributed by atoms with van der Waals surface area (Å²) >= 11 is 0. The Morgan fingerprint density at radius 1 is 0.950 bits per heavy atom. The van der Waals surface area contributed by atoms with E-state index in [0.29, 0.717) is 7.18 Å². The van der Waals surface area contributed by atoms with Crippen LogP contribution in [0.1, 0.15) is 48.0 Å². The zero-order valence-electron chi connectivity index (χ0n) is 11.0. The molecular weight excluding hydrogens is 286 g/mol. The molecule has 0 aromatic carbocycles. The van der Waals surface area contributed by atoms with E-state index in [-0.39, 0.29) is 47.4 Å². The van der Waals surface area contributed by atoms with Gasteiger partial charge in [0, 0.05) is 6.61 Å². The highest BCUT2D eigenvalue weighted by Crippen LogP contribution is 2.26. The largest absolute Gasteiger partial charge is 0.414 e. The summed E-state index contributed by atoms with van der Waals surface area (Å²) in [5, 5.41) is 0. The molecule has 0 rings (SSSR count). The molecular formula is C13H30F6O. The van der Waals surface area contributed by atoms with Crippen molar-refractivity contribution in [3.63, 3.8) is 0 Å². The second-order valence-electron chi connectivity index (χ2n) is 2.94. The number of hydrogen-bond acceptors (Lipinski definition) is 1. The molecule has 0 aliphatic carbocycles. The van der Waals surface area contributed by atoms with Gasteiger partial charge in [-0.2, -0.15) is 13.2 Å². The molecule has 20 heavy (non-hydrogen) atoms. The molecule has 0 radical (unpaired) electrons. The first kappa shape index (κ1) is 31.8. The number of ether oxygens (including phenoxy) is 1. The molecule has 0 aliphatic heterocycles. The Kier molecular flexibility index (Phi) is 37.5. The Hall–Kier alpha value is -0.460. The van der Waals surface area contributed by atoms with Crippen molar-refractivity contribution < 1.29 is 31.1 Å². The van der Waals surface area contributed by atoms with Crippen LogP contribution in [0.15, 0.2) is 0 Å². The van der Waals surface area contributed by atoms with Gasteiger partial charge in [0.05, 0.1) is 20.5 Å². The number of rotatable bonds is 6. The van der Waals surface area contributed by atoms with Gasteiger partial charge in [0.2, 0.25) is 0 Å². The summed E-state index contributed by atoms with van der Waals surface area (Å²) in [6.07, 6.45) is -5.84. The molecule has 0 bridgehead atoms. The lowest BCUT2D eigenvalue weighted by molar-refractivity contribution is -0.221. The van der Waals surface area contributed by atoms with E-state index in [0.717, 1.165) is 0 Å². The molecule has 0 N–H and O–H groups in total. The molecule has 0 saturated heterocycles. The maximum absolute atomic E-state index is 12.1. The Balaban J connectivity index is -0.0000000944. The minimum Gasteiger partial charge on any atom is -0.369 e. The molecule has 1 nitrogen and oxygen atoms in total. The molecule has 0 heterocycles. The van der Waals surface area contributed by atoms with E-state index in [4.69, 9.17) is 0 Å². The zero-order valence-corrected chi connectivity index (χ0v) is 11.0. The number of halogens is 6. The third-order valence-electron chi connectivity index (χ3n) is 1.58. The zero-order chi connectivity index (χ0) is 15.0.